The number of esters is 1. The van der Waals surface area contributed by atoms with Crippen molar-refractivity contribution in [1.29, 1.82) is 0 Å². The van der Waals surface area contributed by atoms with Crippen molar-refractivity contribution in [1.82, 2.24) is 9.88 Å². The largest absolute Gasteiger partial charge is 0.458 e. The lowest BCUT2D eigenvalue weighted by molar-refractivity contribution is -0.159. The number of rotatable bonds is 2. The van der Waals surface area contributed by atoms with Crippen LogP contribution in [0.4, 0.5) is 0 Å². The minimum Gasteiger partial charge on any atom is -0.458 e. The van der Waals surface area contributed by atoms with Crippen LogP contribution < -0.4 is 0 Å². The first-order chi connectivity index (χ1) is 9.79. The molecule has 21 heavy (non-hydrogen) atoms. The Morgan fingerprint density at radius 1 is 1.43 bits per heavy atom. The Balaban J connectivity index is 2.17. The smallest absolute Gasteiger partial charge is 0.329 e. The normalized spacial score (nSPS) is 18.7. The molecular weight excluding hydrogens is 336 g/mol. The Kier molecular flexibility index (Phi) is 4.66. The lowest BCUT2D eigenvalue weighted by Gasteiger charge is -2.27. The van der Waals surface area contributed by atoms with E-state index in [1.807, 2.05) is 20.8 Å². The van der Waals surface area contributed by atoms with Crippen molar-refractivity contribution in [2.45, 2.75) is 45.3 Å². The van der Waals surface area contributed by atoms with E-state index < -0.39 is 11.6 Å². The van der Waals surface area contributed by atoms with Crippen molar-refractivity contribution in [3.05, 3.63) is 28.5 Å². The summed E-state index contributed by atoms with van der Waals surface area (Å²) in [7, 11) is 0. The highest BCUT2D eigenvalue weighted by Crippen LogP contribution is 2.24. The van der Waals surface area contributed by atoms with Crippen molar-refractivity contribution in [2.75, 3.05) is 6.54 Å². The lowest BCUT2D eigenvalue weighted by Crippen LogP contribution is -2.43. The summed E-state index contributed by atoms with van der Waals surface area (Å²) in [5.41, 5.74) is -0.229. The first kappa shape index (κ1) is 15.9. The molecule has 0 spiro atoms. The van der Waals surface area contributed by atoms with Gasteiger partial charge < -0.3 is 9.64 Å². The van der Waals surface area contributed by atoms with Gasteiger partial charge in [0.1, 0.15) is 17.3 Å². The monoisotopic (exact) mass is 354 g/mol. The van der Waals surface area contributed by atoms with Crippen LogP contribution in [-0.4, -0.2) is 39.9 Å². The fourth-order valence-corrected chi connectivity index (χ4v) is 2.73. The molecule has 1 amide bonds. The molecule has 0 unspecified atom stereocenters. The van der Waals surface area contributed by atoms with Gasteiger partial charge >= 0.3 is 5.97 Å². The number of halogens is 1. The molecule has 1 aliphatic heterocycles. The second-order valence-electron chi connectivity index (χ2n) is 6.02. The van der Waals surface area contributed by atoms with E-state index in [-0.39, 0.29) is 11.9 Å². The van der Waals surface area contributed by atoms with Gasteiger partial charge in [-0.05, 0) is 61.7 Å². The molecule has 2 rings (SSSR count). The zero-order valence-electron chi connectivity index (χ0n) is 12.4. The number of amides is 1. The molecule has 0 aromatic carbocycles. The number of ether oxygens (including phenoxy) is 1. The summed E-state index contributed by atoms with van der Waals surface area (Å²) in [5.74, 6) is -0.587. The van der Waals surface area contributed by atoms with Crippen molar-refractivity contribution < 1.29 is 14.3 Å². The number of hydrogen-bond donors (Lipinski definition) is 0. The molecule has 0 aliphatic carbocycles. The molecule has 6 heteroatoms. The van der Waals surface area contributed by atoms with Gasteiger partial charge in [-0.1, -0.05) is 0 Å². The van der Waals surface area contributed by atoms with Crippen LogP contribution in [0.1, 0.15) is 44.1 Å². The second kappa shape index (κ2) is 6.13. The highest BCUT2D eigenvalue weighted by Gasteiger charge is 2.38. The maximum absolute atomic E-state index is 12.6. The summed E-state index contributed by atoms with van der Waals surface area (Å²) in [5, 5.41) is 0. The van der Waals surface area contributed by atoms with Gasteiger partial charge in [0.25, 0.3) is 5.91 Å². The fourth-order valence-electron chi connectivity index (χ4n) is 2.30. The van der Waals surface area contributed by atoms with Crippen LogP contribution in [0.2, 0.25) is 0 Å². The molecule has 0 radical (unpaired) electrons. The van der Waals surface area contributed by atoms with Crippen LogP contribution in [0.15, 0.2) is 22.8 Å². The third kappa shape index (κ3) is 3.81. The summed E-state index contributed by atoms with van der Waals surface area (Å²) in [6.45, 7) is 6.01. The predicted molar refractivity (Wildman–Crippen MR) is 81.8 cm³/mol. The van der Waals surface area contributed by atoms with E-state index in [2.05, 4.69) is 20.9 Å². The Bertz CT molecular complexity index is 554. The lowest BCUT2D eigenvalue weighted by atomic mass is 10.1. The molecule has 1 aromatic heterocycles. The molecule has 1 aromatic rings. The molecule has 0 bridgehead atoms. The summed E-state index contributed by atoms with van der Waals surface area (Å²) >= 11 is 3.32. The predicted octanol–water partition coefficient (Wildman–Crippen LogP) is 2.79. The number of likely N-dealkylation sites (tertiary alicyclic amines) is 1. The van der Waals surface area contributed by atoms with Crippen LogP contribution in [-0.2, 0) is 9.53 Å². The molecule has 2 heterocycles. The van der Waals surface area contributed by atoms with Crippen molar-refractivity contribution >= 4 is 27.8 Å². The number of aromatic nitrogens is 1. The number of pyridine rings is 1. The Labute approximate surface area is 132 Å². The molecule has 114 valence electrons. The van der Waals surface area contributed by atoms with E-state index in [0.717, 1.165) is 6.42 Å². The van der Waals surface area contributed by atoms with Crippen LogP contribution in [0, 0.1) is 0 Å². The maximum atomic E-state index is 12.6. The van der Waals surface area contributed by atoms with Crippen molar-refractivity contribution in [3.63, 3.8) is 0 Å². The third-order valence-electron chi connectivity index (χ3n) is 3.15. The molecular formula is C15H19BrN2O3. The molecule has 1 saturated heterocycles. The van der Waals surface area contributed by atoms with Gasteiger partial charge in [-0.2, -0.15) is 0 Å². The van der Waals surface area contributed by atoms with Gasteiger partial charge in [-0.3, -0.25) is 4.79 Å². The van der Waals surface area contributed by atoms with Gasteiger partial charge in [0.05, 0.1) is 0 Å². The van der Waals surface area contributed by atoms with Gasteiger partial charge in [-0.15, -0.1) is 0 Å². The van der Waals surface area contributed by atoms with E-state index in [1.54, 1.807) is 23.2 Å². The summed E-state index contributed by atoms with van der Waals surface area (Å²) < 4.78 is 6.03. The van der Waals surface area contributed by atoms with E-state index in [1.165, 1.54) is 0 Å². The number of nitrogens with zero attached hydrogens (tertiary/aromatic N) is 2. The van der Waals surface area contributed by atoms with E-state index >= 15 is 0 Å². The zero-order valence-corrected chi connectivity index (χ0v) is 14.0. The van der Waals surface area contributed by atoms with Crippen LogP contribution >= 0.6 is 15.9 Å². The molecule has 1 fully saturated rings. The Hall–Kier alpha value is -1.43. The summed E-state index contributed by atoms with van der Waals surface area (Å²) in [4.78, 5) is 30.5. The number of hydrogen-bond acceptors (Lipinski definition) is 4. The number of carbonyl (C=O) groups is 2. The minimum absolute atomic E-state index is 0.240. The van der Waals surface area contributed by atoms with Gasteiger partial charge in [-0.25, -0.2) is 9.78 Å². The van der Waals surface area contributed by atoms with E-state index in [4.69, 9.17) is 4.74 Å². The molecule has 1 aliphatic rings. The average molecular weight is 355 g/mol. The second-order valence-corrected chi connectivity index (χ2v) is 6.88. The summed E-state index contributed by atoms with van der Waals surface area (Å²) in [6.07, 6.45) is 2.99. The van der Waals surface area contributed by atoms with Gasteiger partial charge in [0, 0.05) is 17.2 Å². The number of carbonyl (C=O) groups excluding carboxylic acids is 2. The van der Waals surface area contributed by atoms with Crippen molar-refractivity contribution in [2.24, 2.45) is 0 Å². The van der Waals surface area contributed by atoms with Crippen molar-refractivity contribution in [3.8, 4) is 0 Å². The third-order valence-corrected chi connectivity index (χ3v) is 3.79. The van der Waals surface area contributed by atoms with Crippen LogP contribution in [0.5, 0.6) is 0 Å². The Morgan fingerprint density at radius 2 is 2.14 bits per heavy atom. The Morgan fingerprint density at radius 3 is 2.76 bits per heavy atom. The quantitative estimate of drug-likeness (QED) is 0.766. The minimum atomic E-state index is -0.556. The topological polar surface area (TPSA) is 59.5 Å². The van der Waals surface area contributed by atoms with Gasteiger partial charge in [0.15, 0.2) is 0 Å². The van der Waals surface area contributed by atoms with Gasteiger partial charge in [0.2, 0.25) is 0 Å². The standard InChI is InChI=1S/C15H19BrN2O3/c1-15(2,3)21-14(20)11-7-5-9-18(11)13(19)12-10(16)6-4-8-17-12/h4,6,8,11H,5,7,9H2,1-3H3/t11-/m0/s1. The average Bonchev–Trinajstić information content (AvgIpc) is 2.85. The molecule has 0 saturated carbocycles. The highest BCUT2D eigenvalue weighted by molar-refractivity contribution is 9.10. The molecule has 0 N–H and O–H groups in total. The SMILES string of the molecule is CC(C)(C)OC(=O)[C@@H]1CCCN1C(=O)c1ncccc1Br. The first-order valence-electron chi connectivity index (χ1n) is 6.94. The zero-order chi connectivity index (χ0) is 15.6. The molecule has 5 nitrogen and oxygen atoms in total. The van der Waals surface area contributed by atoms with Crippen LogP contribution in [0.3, 0.4) is 0 Å². The van der Waals surface area contributed by atoms with E-state index in [0.29, 0.717) is 23.1 Å². The van der Waals surface area contributed by atoms with Crippen LogP contribution in [0.25, 0.3) is 0 Å². The first-order valence-corrected chi connectivity index (χ1v) is 7.73. The summed E-state index contributed by atoms with van der Waals surface area (Å²) in [6, 6.07) is 2.99. The fraction of sp³-hybridized carbons (Fsp3) is 0.533. The van der Waals surface area contributed by atoms with E-state index in [9.17, 15) is 9.59 Å². The molecule has 1 atom stereocenters. The maximum Gasteiger partial charge on any atom is 0.329 e. The highest BCUT2D eigenvalue weighted by atomic mass is 79.9.